The number of hydrogen-bond donors (Lipinski definition) is 0. The van der Waals surface area contributed by atoms with Crippen LogP contribution in [-0.2, 0) is 48.2 Å². The monoisotopic (exact) mass is 526 g/mol. The fraction of sp³-hybridized carbons (Fsp3) is 0.406. The Balaban J connectivity index is 0.000000160. The lowest BCUT2D eigenvalue weighted by atomic mass is 9.95. The number of ether oxygens (including phenoxy) is 2. The maximum absolute atomic E-state index is 11.1. The number of hydrogen-bond acceptors (Lipinski definition) is 5. The second-order valence-corrected chi connectivity index (χ2v) is 10.2. The van der Waals surface area contributed by atoms with Gasteiger partial charge in [0, 0.05) is 36.7 Å². The molecule has 0 N–H and O–H groups in total. The molecule has 0 spiro atoms. The van der Waals surface area contributed by atoms with E-state index < -0.39 is 0 Å². The van der Waals surface area contributed by atoms with E-state index in [-0.39, 0.29) is 6.29 Å². The zero-order valence-corrected chi connectivity index (χ0v) is 23.0. The lowest BCUT2D eigenvalue weighted by molar-refractivity contribution is -0.109. The van der Waals surface area contributed by atoms with Gasteiger partial charge in [-0.1, -0.05) is 60.7 Å². The van der Waals surface area contributed by atoms with Crippen molar-refractivity contribution in [1.29, 1.82) is 0 Å². The third-order valence-electron chi connectivity index (χ3n) is 7.69. The van der Waals surface area contributed by atoms with E-state index in [0.29, 0.717) is 5.69 Å². The zero-order valence-electron chi connectivity index (χ0n) is 23.0. The van der Waals surface area contributed by atoms with Crippen molar-refractivity contribution < 1.29 is 14.3 Å². The van der Waals surface area contributed by atoms with Crippen LogP contribution in [0.3, 0.4) is 0 Å². The van der Waals surface area contributed by atoms with Crippen LogP contribution in [0.25, 0.3) is 0 Å². The van der Waals surface area contributed by atoms with Crippen molar-refractivity contribution in [1.82, 2.24) is 19.6 Å². The van der Waals surface area contributed by atoms with Gasteiger partial charge in [-0.3, -0.25) is 14.2 Å². The molecule has 2 aromatic carbocycles. The highest BCUT2D eigenvalue weighted by molar-refractivity contribution is 5.75. The second-order valence-electron chi connectivity index (χ2n) is 10.2. The predicted molar refractivity (Wildman–Crippen MR) is 151 cm³/mol. The van der Waals surface area contributed by atoms with E-state index in [1.165, 1.54) is 59.3 Å². The topological polar surface area (TPSA) is 71.2 Å². The molecule has 0 saturated carbocycles. The Hall–Kier alpha value is -3.55. The highest BCUT2D eigenvalue weighted by Gasteiger charge is 2.26. The number of carbonyl (C=O) groups excluding carboxylic acids is 1. The molecule has 2 aliphatic carbocycles. The van der Waals surface area contributed by atoms with Gasteiger partial charge in [-0.15, -0.1) is 0 Å². The zero-order chi connectivity index (χ0) is 27.0. The van der Waals surface area contributed by atoms with Crippen LogP contribution in [0.5, 0.6) is 0 Å². The van der Waals surface area contributed by atoms with Crippen LogP contribution in [0, 0.1) is 0 Å². The van der Waals surface area contributed by atoms with Crippen LogP contribution in [-0.4, -0.2) is 40.1 Å². The van der Waals surface area contributed by atoms with Crippen molar-refractivity contribution in [3.63, 3.8) is 0 Å². The van der Waals surface area contributed by atoms with Gasteiger partial charge in [-0.25, -0.2) is 0 Å². The summed E-state index contributed by atoms with van der Waals surface area (Å²) in [6, 6.07) is 20.7. The summed E-state index contributed by atoms with van der Waals surface area (Å²) in [6.45, 7) is 1.57. The first-order valence-electron chi connectivity index (χ1n) is 14.0. The number of aromatic nitrogens is 4. The smallest absolute Gasteiger partial charge is 0.202 e. The second kappa shape index (κ2) is 13.0. The van der Waals surface area contributed by atoms with Gasteiger partial charge < -0.3 is 9.47 Å². The number of rotatable bonds is 8. The minimum Gasteiger partial charge on any atom is -0.350 e. The maximum atomic E-state index is 11.1. The van der Waals surface area contributed by atoms with Crippen molar-refractivity contribution in [3.05, 3.63) is 106 Å². The quantitative estimate of drug-likeness (QED) is 0.217. The van der Waals surface area contributed by atoms with E-state index in [9.17, 15) is 4.79 Å². The van der Waals surface area contributed by atoms with Gasteiger partial charge in [0.2, 0.25) is 6.29 Å². The van der Waals surface area contributed by atoms with Gasteiger partial charge in [0.1, 0.15) is 11.4 Å². The normalized spacial score (nSPS) is 14.3. The summed E-state index contributed by atoms with van der Waals surface area (Å²) in [4.78, 5) is 11.1. The molecule has 0 saturated heterocycles. The van der Waals surface area contributed by atoms with Gasteiger partial charge in [0.05, 0.1) is 13.1 Å². The number of fused-ring (bicyclic) bond motifs is 2. The number of carbonyl (C=O) groups is 1. The lowest BCUT2D eigenvalue weighted by Crippen LogP contribution is -2.10. The lowest BCUT2D eigenvalue weighted by Gasteiger charge is -2.16. The molecule has 0 atom stereocenters. The largest absolute Gasteiger partial charge is 0.350 e. The SMILES string of the molecule is COC(OC)c1nn(Cc2ccccc2)c2c1CCCC2.O=Cc1nn(Cc2ccccc2)c2c1CCCC2. The molecule has 204 valence electrons. The van der Waals surface area contributed by atoms with Crippen molar-refractivity contribution in [2.24, 2.45) is 0 Å². The van der Waals surface area contributed by atoms with Crippen molar-refractivity contribution in [2.75, 3.05) is 14.2 Å². The Labute approximate surface area is 230 Å². The Morgan fingerprint density at radius 1 is 0.718 bits per heavy atom. The number of nitrogens with zero attached hydrogens (tertiary/aromatic N) is 4. The van der Waals surface area contributed by atoms with E-state index >= 15 is 0 Å². The number of benzene rings is 2. The van der Waals surface area contributed by atoms with E-state index in [4.69, 9.17) is 14.6 Å². The van der Waals surface area contributed by atoms with Crippen LogP contribution in [0.2, 0.25) is 0 Å². The van der Waals surface area contributed by atoms with Crippen LogP contribution in [0.4, 0.5) is 0 Å². The van der Waals surface area contributed by atoms with Crippen LogP contribution < -0.4 is 0 Å². The summed E-state index contributed by atoms with van der Waals surface area (Å²) >= 11 is 0. The summed E-state index contributed by atoms with van der Waals surface area (Å²) in [6.07, 6.45) is 9.56. The summed E-state index contributed by atoms with van der Waals surface area (Å²) in [5, 5.41) is 9.25. The van der Waals surface area contributed by atoms with E-state index in [2.05, 4.69) is 46.2 Å². The molecule has 4 aromatic rings. The predicted octanol–water partition coefficient (Wildman–Crippen LogP) is 5.72. The van der Waals surface area contributed by atoms with Crippen molar-refractivity contribution in [3.8, 4) is 0 Å². The molecular weight excluding hydrogens is 488 g/mol. The minimum absolute atomic E-state index is 0.367. The van der Waals surface area contributed by atoms with Gasteiger partial charge in [0.25, 0.3) is 0 Å². The van der Waals surface area contributed by atoms with Gasteiger partial charge >= 0.3 is 0 Å². The summed E-state index contributed by atoms with van der Waals surface area (Å²) < 4.78 is 15.0. The van der Waals surface area contributed by atoms with Gasteiger partial charge in [0.15, 0.2) is 6.29 Å². The first-order valence-corrected chi connectivity index (χ1v) is 14.0. The fourth-order valence-electron chi connectivity index (χ4n) is 5.78. The fourth-order valence-corrected chi connectivity index (χ4v) is 5.78. The average Bonchev–Trinajstić information content (AvgIpc) is 3.53. The molecule has 7 heteroatoms. The molecule has 6 rings (SSSR count). The summed E-state index contributed by atoms with van der Waals surface area (Å²) in [5.74, 6) is 0. The Bertz CT molecular complexity index is 1360. The third kappa shape index (κ3) is 6.21. The molecule has 0 radical (unpaired) electrons. The Morgan fingerprint density at radius 2 is 1.21 bits per heavy atom. The van der Waals surface area contributed by atoms with Crippen LogP contribution in [0.1, 0.15) is 81.8 Å². The Kier molecular flexibility index (Phi) is 9.01. The van der Waals surface area contributed by atoms with Crippen LogP contribution >= 0.6 is 0 Å². The van der Waals surface area contributed by atoms with Crippen molar-refractivity contribution >= 4 is 6.29 Å². The third-order valence-corrected chi connectivity index (χ3v) is 7.69. The molecule has 2 aliphatic rings. The number of methoxy groups -OCH3 is 2. The van der Waals surface area contributed by atoms with Crippen molar-refractivity contribution in [2.45, 2.75) is 70.7 Å². The standard InChI is InChI=1S/C17H22N2O2.C15H16N2O/c1-20-17(21-2)16-14-10-6-7-11-15(14)19(18-16)12-13-8-4-3-5-9-13;18-11-14-13-8-4-5-9-15(13)17(16-14)10-12-6-2-1-3-7-12/h3-5,8-9,17H,6-7,10-12H2,1-2H3;1-3,6-7,11H,4-5,8-10H2. The summed E-state index contributed by atoms with van der Waals surface area (Å²) in [5.41, 5.74) is 9.19. The van der Waals surface area contributed by atoms with E-state index in [1.54, 1.807) is 14.2 Å². The first kappa shape index (κ1) is 27.0. The molecule has 2 heterocycles. The van der Waals surface area contributed by atoms with Crippen LogP contribution in [0.15, 0.2) is 60.7 Å². The Morgan fingerprint density at radius 3 is 1.74 bits per heavy atom. The number of aldehydes is 1. The highest BCUT2D eigenvalue weighted by atomic mass is 16.7. The molecule has 0 bridgehead atoms. The molecule has 0 amide bonds. The highest BCUT2D eigenvalue weighted by Crippen LogP contribution is 2.30. The maximum Gasteiger partial charge on any atom is 0.202 e. The average molecular weight is 527 g/mol. The van der Waals surface area contributed by atoms with E-state index in [0.717, 1.165) is 50.8 Å². The molecule has 0 fully saturated rings. The minimum atomic E-state index is -0.367. The molecule has 7 nitrogen and oxygen atoms in total. The molecule has 2 aromatic heterocycles. The first-order chi connectivity index (χ1) is 19.2. The molecular formula is C32H38N4O3. The van der Waals surface area contributed by atoms with E-state index in [1.807, 2.05) is 28.9 Å². The van der Waals surface area contributed by atoms with Gasteiger partial charge in [-0.05, 0) is 62.5 Å². The molecule has 0 unspecified atom stereocenters. The molecule has 0 aliphatic heterocycles. The summed E-state index contributed by atoms with van der Waals surface area (Å²) in [7, 11) is 3.33. The van der Waals surface area contributed by atoms with Gasteiger partial charge in [-0.2, -0.15) is 10.2 Å². The molecule has 39 heavy (non-hydrogen) atoms.